The van der Waals surface area contributed by atoms with Gasteiger partial charge in [0.05, 0.1) is 34.3 Å². The number of ether oxygens (including phenoxy) is 2. The molecule has 170 valence electrons. The molecule has 2 aromatic carbocycles. The fourth-order valence-electron chi connectivity index (χ4n) is 2.41. The van der Waals surface area contributed by atoms with Gasteiger partial charge in [0.15, 0.2) is 6.61 Å². The van der Waals surface area contributed by atoms with Crippen LogP contribution in [0.2, 0.25) is 10.0 Å². The maximum absolute atomic E-state index is 12.0. The second-order valence-electron chi connectivity index (χ2n) is 6.57. The zero-order chi connectivity index (χ0) is 23.5. The molecule has 8 nitrogen and oxygen atoms in total. The van der Waals surface area contributed by atoms with E-state index in [4.69, 9.17) is 32.7 Å². The summed E-state index contributed by atoms with van der Waals surface area (Å²) in [4.78, 5) is 47.5. The van der Waals surface area contributed by atoms with Crippen molar-refractivity contribution in [2.45, 2.75) is 26.2 Å². The predicted octanol–water partition coefficient (Wildman–Crippen LogP) is 4.46. The van der Waals surface area contributed by atoms with Gasteiger partial charge in [-0.2, -0.15) is 0 Å². The first-order valence-corrected chi connectivity index (χ1v) is 10.5. The Morgan fingerprint density at radius 1 is 0.875 bits per heavy atom. The van der Waals surface area contributed by atoms with Crippen LogP contribution < -0.4 is 10.6 Å². The van der Waals surface area contributed by atoms with Gasteiger partial charge in [-0.1, -0.05) is 36.2 Å². The number of benzene rings is 2. The molecule has 0 saturated heterocycles. The van der Waals surface area contributed by atoms with Crippen molar-refractivity contribution in [2.24, 2.45) is 0 Å². The first-order valence-electron chi connectivity index (χ1n) is 9.76. The first-order chi connectivity index (χ1) is 15.3. The van der Waals surface area contributed by atoms with Gasteiger partial charge in [-0.05, 0) is 42.8 Å². The van der Waals surface area contributed by atoms with Crippen LogP contribution in [0.25, 0.3) is 0 Å². The van der Waals surface area contributed by atoms with E-state index < -0.39 is 30.4 Å². The lowest BCUT2D eigenvalue weighted by molar-refractivity contribution is -0.147. The lowest BCUT2D eigenvalue weighted by atomic mass is 10.2. The van der Waals surface area contributed by atoms with Crippen LogP contribution in [0.5, 0.6) is 0 Å². The van der Waals surface area contributed by atoms with E-state index in [1.54, 1.807) is 30.3 Å². The Morgan fingerprint density at radius 2 is 1.59 bits per heavy atom. The Hall–Kier alpha value is -3.10. The van der Waals surface area contributed by atoms with E-state index in [1.165, 1.54) is 12.1 Å². The Labute approximate surface area is 195 Å². The Balaban J connectivity index is 1.71. The van der Waals surface area contributed by atoms with Gasteiger partial charge in [0, 0.05) is 12.1 Å². The molecule has 2 aromatic rings. The van der Waals surface area contributed by atoms with Crippen LogP contribution in [-0.2, 0) is 23.9 Å². The van der Waals surface area contributed by atoms with Crippen LogP contribution in [0.3, 0.4) is 0 Å². The second-order valence-corrected chi connectivity index (χ2v) is 7.36. The minimum absolute atomic E-state index is 0.138. The Bertz CT molecular complexity index is 979. The predicted molar refractivity (Wildman–Crippen MR) is 121 cm³/mol. The van der Waals surface area contributed by atoms with E-state index in [1.807, 2.05) is 6.92 Å². The minimum atomic E-state index is -0.707. The molecule has 2 amide bonds. The molecule has 0 aromatic heterocycles. The van der Waals surface area contributed by atoms with Crippen LogP contribution in [0, 0.1) is 0 Å². The number of esters is 2. The van der Waals surface area contributed by atoms with Gasteiger partial charge in [-0.15, -0.1) is 0 Å². The van der Waals surface area contributed by atoms with E-state index in [9.17, 15) is 19.2 Å². The van der Waals surface area contributed by atoms with Crippen LogP contribution in [0.1, 0.15) is 36.5 Å². The topological polar surface area (TPSA) is 111 Å². The summed E-state index contributed by atoms with van der Waals surface area (Å²) in [5, 5.41) is 5.55. The fourth-order valence-corrected chi connectivity index (χ4v) is 2.76. The van der Waals surface area contributed by atoms with E-state index in [-0.39, 0.29) is 22.9 Å². The van der Waals surface area contributed by atoms with Crippen molar-refractivity contribution in [3.63, 3.8) is 0 Å². The highest BCUT2D eigenvalue weighted by Gasteiger charge is 2.13. The number of carbonyl (C=O) groups is 4. The lowest BCUT2D eigenvalue weighted by Gasteiger charge is -2.09. The molecule has 0 aliphatic carbocycles. The fraction of sp³-hybridized carbons (Fsp3) is 0.273. The van der Waals surface area contributed by atoms with Gasteiger partial charge in [0.2, 0.25) is 5.91 Å². The van der Waals surface area contributed by atoms with E-state index in [0.29, 0.717) is 23.5 Å². The molecule has 0 unspecified atom stereocenters. The molecule has 2 rings (SSSR count). The third-order valence-electron chi connectivity index (χ3n) is 3.99. The SMILES string of the molecule is CCCOC(=O)c1ccc(NC(=O)CCC(=O)OCC(=O)Nc2cccc(Cl)c2Cl)cc1. The van der Waals surface area contributed by atoms with Gasteiger partial charge >= 0.3 is 11.9 Å². The van der Waals surface area contributed by atoms with Crippen LogP contribution in [0.4, 0.5) is 11.4 Å². The molecule has 0 fully saturated rings. The molecule has 0 radical (unpaired) electrons. The van der Waals surface area contributed by atoms with E-state index >= 15 is 0 Å². The second kappa shape index (κ2) is 12.7. The van der Waals surface area contributed by atoms with Crippen molar-refractivity contribution in [1.29, 1.82) is 0 Å². The van der Waals surface area contributed by atoms with Crippen LogP contribution >= 0.6 is 23.2 Å². The molecule has 10 heteroatoms. The first kappa shape index (κ1) is 25.2. The normalized spacial score (nSPS) is 10.2. The molecule has 32 heavy (non-hydrogen) atoms. The summed E-state index contributed by atoms with van der Waals surface area (Å²) in [5.41, 5.74) is 1.13. The summed E-state index contributed by atoms with van der Waals surface area (Å²) >= 11 is 11.8. The van der Waals surface area contributed by atoms with Crippen molar-refractivity contribution >= 4 is 58.3 Å². The molecule has 0 aliphatic heterocycles. The summed E-state index contributed by atoms with van der Waals surface area (Å²) in [5.74, 6) is -2.15. The maximum Gasteiger partial charge on any atom is 0.338 e. The number of rotatable bonds is 10. The van der Waals surface area contributed by atoms with Gasteiger partial charge in [0.25, 0.3) is 5.91 Å². The number of hydrogen-bond donors (Lipinski definition) is 2. The number of nitrogens with one attached hydrogen (secondary N) is 2. The largest absolute Gasteiger partial charge is 0.462 e. The standard InChI is InChI=1S/C22H22Cl2N2O6/c1-2-12-31-22(30)14-6-8-15(9-7-14)25-18(27)10-11-20(29)32-13-19(28)26-17-5-3-4-16(23)21(17)24/h3-9H,2,10-13H2,1H3,(H,25,27)(H,26,28). The number of amides is 2. The quantitative estimate of drug-likeness (QED) is 0.485. The molecular weight excluding hydrogens is 459 g/mol. The average Bonchev–Trinajstić information content (AvgIpc) is 2.78. The zero-order valence-corrected chi connectivity index (χ0v) is 18.8. The summed E-state index contributed by atoms with van der Waals surface area (Å²) in [7, 11) is 0. The lowest BCUT2D eigenvalue weighted by Crippen LogP contribution is -2.22. The highest BCUT2D eigenvalue weighted by Crippen LogP contribution is 2.29. The van der Waals surface area contributed by atoms with Gasteiger partial charge in [-0.25, -0.2) is 4.79 Å². The summed E-state index contributed by atoms with van der Waals surface area (Å²) < 4.78 is 9.89. The molecule has 0 heterocycles. The highest BCUT2D eigenvalue weighted by atomic mass is 35.5. The molecule has 0 saturated carbocycles. The number of halogens is 2. The van der Waals surface area contributed by atoms with Crippen LogP contribution in [0.15, 0.2) is 42.5 Å². The molecule has 0 spiro atoms. The third kappa shape index (κ3) is 8.20. The van der Waals surface area contributed by atoms with Crippen molar-refractivity contribution in [1.82, 2.24) is 0 Å². The van der Waals surface area contributed by atoms with Crippen molar-refractivity contribution < 1.29 is 28.7 Å². The number of anilines is 2. The van der Waals surface area contributed by atoms with Crippen LogP contribution in [-0.4, -0.2) is 37.0 Å². The van der Waals surface area contributed by atoms with Crippen molar-refractivity contribution in [3.05, 3.63) is 58.1 Å². The third-order valence-corrected chi connectivity index (χ3v) is 4.81. The zero-order valence-electron chi connectivity index (χ0n) is 17.3. The van der Waals surface area contributed by atoms with Crippen molar-refractivity contribution in [2.75, 3.05) is 23.8 Å². The minimum Gasteiger partial charge on any atom is -0.462 e. The monoisotopic (exact) mass is 480 g/mol. The van der Waals surface area contributed by atoms with Gasteiger partial charge < -0.3 is 20.1 Å². The Morgan fingerprint density at radius 3 is 2.28 bits per heavy atom. The molecule has 0 aliphatic rings. The smallest absolute Gasteiger partial charge is 0.338 e. The molecule has 0 bridgehead atoms. The summed E-state index contributed by atoms with van der Waals surface area (Å²) in [6, 6.07) is 10.9. The molecule has 2 N–H and O–H groups in total. The molecule has 0 atom stereocenters. The van der Waals surface area contributed by atoms with E-state index in [0.717, 1.165) is 6.42 Å². The number of hydrogen-bond acceptors (Lipinski definition) is 6. The summed E-state index contributed by atoms with van der Waals surface area (Å²) in [6.07, 6.45) is 0.378. The van der Waals surface area contributed by atoms with Gasteiger partial charge in [-0.3, -0.25) is 14.4 Å². The number of carbonyl (C=O) groups excluding carboxylic acids is 4. The molecular formula is C22H22Cl2N2O6. The highest BCUT2D eigenvalue weighted by molar-refractivity contribution is 6.44. The van der Waals surface area contributed by atoms with Gasteiger partial charge in [0.1, 0.15) is 0 Å². The maximum atomic E-state index is 12.0. The average molecular weight is 481 g/mol. The van der Waals surface area contributed by atoms with Crippen molar-refractivity contribution in [3.8, 4) is 0 Å². The summed E-state index contributed by atoms with van der Waals surface area (Å²) in [6.45, 7) is 1.70. The Kier molecular flexibility index (Phi) is 9.97. The van der Waals surface area contributed by atoms with E-state index in [2.05, 4.69) is 10.6 Å².